The summed E-state index contributed by atoms with van der Waals surface area (Å²) in [4.78, 5) is 14.2. The van der Waals surface area contributed by atoms with Crippen molar-refractivity contribution in [3.63, 3.8) is 0 Å². The number of hydrogen-bond acceptors (Lipinski definition) is 5. The van der Waals surface area contributed by atoms with Gasteiger partial charge in [-0.2, -0.15) is 5.26 Å². The summed E-state index contributed by atoms with van der Waals surface area (Å²) < 4.78 is 23.3. The lowest BCUT2D eigenvalue weighted by atomic mass is 10.1. The lowest BCUT2D eigenvalue weighted by molar-refractivity contribution is -0.117. The Morgan fingerprint density at radius 1 is 1.44 bits per heavy atom. The minimum absolute atomic E-state index is 0.0195. The van der Waals surface area contributed by atoms with Gasteiger partial charge in [0.25, 0.3) is 5.91 Å². The highest BCUT2D eigenvalue weighted by Gasteiger charge is 2.31. The van der Waals surface area contributed by atoms with Gasteiger partial charge in [0.15, 0.2) is 9.84 Å². The minimum atomic E-state index is -3.02. The van der Waals surface area contributed by atoms with Gasteiger partial charge in [0, 0.05) is 18.8 Å². The Bertz CT molecular complexity index is 782. The number of carbonyl (C=O) groups excluding carboxylic acids is 1. The average Bonchev–Trinajstić information content (AvgIpc) is 2.96. The molecule has 2 rings (SSSR count). The zero-order valence-electron chi connectivity index (χ0n) is 14.5. The summed E-state index contributed by atoms with van der Waals surface area (Å²) in [5.74, 6) is -0.239. The standard InChI is InChI=1S/C18H23N3O3S/c1-3-21(17-9-10-25(23,24)13-17)12-16(11-19)18(22)20-14(2)15-7-5-4-6-8-15/h4-8,12,14,17H,3,9-10,13H2,1-2H3,(H,20,22)/b16-12-. The zero-order valence-corrected chi connectivity index (χ0v) is 15.3. The van der Waals surface area contributed by atoms with E-state index in [1.54, 1.807) is 4.90 Å². The molecule has 7 heteroatoms. The van der Waals surface area contributed by atoms with Crippen molar-refractivity contribution in [3.8, 4) is 6.07 Å². The molecule has 2 atom stereocenters. The van der Waals surface area contributed by atoms with Gasteiger partial charge in [0.05, 0.1) is 17.5 Å². The average molecular weight is 361 g/mol. The molecule has 1 fully saturated rings. The Kier molecular flexibility index (Phi) is 6.21. The molecule has 1 aliphatic heterocycles. The van der Waals surface area contributed by atoms with E-state index in [0.717, 1.165) is 5.56 Å². The van der Waals surface area contributed by atoms with Gasteiger partial charge in [-0.15, -0.1) is 0 Å². The second-order valence-corrected chi connectivity index (χ2v) is 8.38. The summed E-state index contributed by atoms with van der Waals surface area (Å²) >= 11 is 0. The third-order valence-electron chi connectivity index (χ3n) is 4.35. The summed E-state index contributed by atoms with van der Waals surface area (Å²) in [7, 11) is -3.02. The Morgan fingerprint density at radius 3 is 2.64 bits per heavy atom. The molecule has 0 aliphatic carbocycles. The molecule has 0 saturated carbocycles. The largest absolute Gasteiger partial charge is 0.372 e. The number of amides is 1. The molecule has 6 nitrogen and oxygen atoms in total. The Morgan fingerprint density at radius 2 is 2.12 bits per heavy atom. The first-order valence-electron chi connectivity index (χ1n) is 8.30. The maximum atomic E-state index is 12.4. The van der Waals surface area contributed by atoms with E-state index in [0.29, 0.717) is 13.0 Å². The van der Waals surface area contributed by atoms with Gasteiger partial charge in [-0.1, -0.05) is 30.3 Å². The lowest BCUT2D eigenvalue weighted by Crippen LogP contribution is -2.34. The van der Waals surface area contributed by atoms with Gasteiger partial charge in [0.1, 0.15) is 11.6 Å². The zero-order chi connectivity index (χ0) is 18.4. The number of nitrogens with zero attached hydrogens (tertiary/aromatic N) is 2. The molecule has 2 unspecified atom stereocenters. The second-order valence-electron chi connectivity index (χ2n) is 6.15. The highest BCUT2D eigenvalue weighted by molar-refractivity contribution is 7.91. The van der Waals surface area contributed by atoms with E-state index in [-0.39, 0.29) is 29.2 Å². The highest BCUT2D eigenvalue weighted by Crippen LogP contribution is 2.19. The van der Waals surface area contributed by atoms with Crippen molar-refractivity contribution in [2.24, 2.45) is 0 Å². The van der Waals surface area contributed by atoms with E-state index in [2.05, 4.69) is 5.32 Å². The molecule has 1 N–H and O–H groups in total. The van der Waals surface area contributed by atoms with E-state index < -0.39 is 15.7 Å². The molecular formula is C18H23N3O3S. The van der Waals surface area contributed by atoms with Crippen LogP contribution < -0.4 is 5.32 Å². The molecule has 1 aliphatic rings. The summed E-state index contributed by atoms with van der Waals surface area (Å²) in [5.41, 5.74) is 0.927. The predicted octanol–water partition coefficient (Wildman–Crippen LogP) is 1.78. The molecule has 1 aromatic carbocycles. The normalized spacial score (nSPS) is 20.5. The number of nitrogens with one attached hydrogen (secondary N) is 1. The maximum Gasteiger partial charge on any atom is 0.263 e. The van der Waals surface area contributed by atoms with Gasteiger partial charge in [-0.05, 0) is 25.8 Å². The highest BCUT2D eigenvalue weighted by atomic mass is 32.2. The maximum absolute atomic E-state index is 12.4. The van der Waals surface area contributed by atoms with Crippen LogP contribution in [-0.2, 0) is 14.6 Å². The number of benzene rings is 1. The molecular weight excluding hydrogens is 338 g/mol. The first kappa shape index (κ1) is 19.0. The number of carbonyl (C=O) groups is 1. The van der Waals surface area contributed by atoms with Crippen LogP contribution in [0.5, 0.6) is 0 Å². The van der Waals surface area contributed by atoms with Crippen LogP contribution in [-0.4, -0.2) is 43.3 Å². The fourth-order valence-electron chi connectivity index (χ4n) is 2.90. The molecule has 0 spiro atoms. The summed E-state index contributed by atoms with van der Waals surface area (Å²) in [5, 5.41) is 12.2. The van der Waals surface area contributed by atoms with Crippen LogP contribution in [0.15, 0.2) is 42.1 Å². The van der Waals surface area contributed by atoms with Crippen molar-refractivity contribution in [2.75, 3.05) is 18.1 Å². The van der Waals surface area contributed by atoms with Gasteiger partial charge in [-0.25, -0.2) is 8.42 Å². The van der Waals surface area contributed by atoms with Crippen LogP contribution in [0.25, 0.3) is 0 Å². The molecule has 134 valence electrons. The number of hydrogen-bond donors (Lipinski definition) is 1. The minimum Gasteiger partial charge on any atom is -0.372 e. The fraction of sp³-hybridized carbons (Fsp3) is 0.444. The topological polar surface area (TPSA) is 90.3 Å². The molecule has 1 aromatic rings. The van der Waals surface area contributed by atoms with Crippen molar-refractivity contribution in [1.82, 2.24) is 10.2 Å². The third-order valence-corrected chi connectivity index (χ3v) is 6.10. The van der Waals surface area contributed by atoms with Crippen molar-refractivity contribution >= 4 is 15.7 Å². The van der Waals surface area contributed by atoms with E-state index in [1.807, 2.05) is 50.2 Å². The molecule has 1 saturated heterocycles. The summed E-state index contributed by atoms with van der Waals surface area (Å²) in [6, 6.07) is 11.0. The van der Waals surface area contributed by atoms with E-state index >= 15 is 0 Å². The first-order chi connectivity index (χ1) is 11.9. The molecule has 0 bridgehead atoms. The SMILES string of the molecule is CCN(/C=C(/C#N)C(=O)NC(C)c1ccccc1)C1CCS(=O)(=O)C1. The van der Waals surface area contributed by atoms with Crippen LogP contribution in [0, 0.1) is 11.3 Å². The fourth-order valence-corrected chi connectivity index (χ4v) is 4.64. The third kappa shape index (κ3) is 5.07. The van der Waals surface area contributed by atoms with Gasteiger partial charge >= 0.3 is 0 Å². The van der Waals surface area contributed by atoms with Crippen LogP contribution in [0.4, 0.5) is 0 Å². The number of rotatable bonds is 6. The Hall–Kier alpha value is -2.33. The molecule has 1 heterocycles. The smallest absolute Gasteiger partial charge is 0.263 e. The van der Waals surface area contributed by atoms with E-state index in [1.165, 1.54) is 6.20 Å². The molecule has 1 amide bonds. The van der Waals surface area contributed by atoms with Gasteiger partial charge in [-0.3, -0.25) is 4.79 Å². The van der Waals surface area contributed by atoms with Crippen LogP contribution in [0.3, 0.4) is 0 Å². The Labute approximate surface area is 149 Å². The van der Waals surface area contributed by atoms with Crippen LogP contribution >= 0.6 is 0 Å². The quantitative estimate of drug-likeness (QED) is 0.616. The molecule has 0 aromatic heterocycles. The van der Waals surface area contributed by atoms with E-state index in [9.17, 15) is 18.5 Å². The van der Waals surface area contributed by atoms with Crippen molar-refractivity contribution in [2.45, 2.75) is 32.4 Å². The second kappa shape index (κ2) is 8.17. The molecule has 25 heavy (non-hydrogen) atoms. The van der Waals surface area contributed by atoms with E-state index in [4.69, 9.17) is 0 Å². The van der Waals surface area contributed by atoms with Crippen molar-refractivity contribution in [1.29, 1.82) is 5.26 Å². The molecule has 0 radical (unpaired) electrons. The van der Waals surface area contributed by atoms with Gasteiger partial charge in [0.2, 0.25) is 0 Å². The lowest BCUT2D eigenvalue weighted by Gasteiger charge is -2.25. The number of sulfone groups is 1. The number of nitriles is 1. The van der Waals surface area contributed by atoms with Gasteiger partial charge < -0.3 is 10.2 Å². The Balaban J connectivity index is 2.10. The summed E-state index contributed by atoms with van der Waals surface area (Å²) in [6.07, 6.45) is 2.01. The first-order valence-corrected chi connectivity index (χ1v) is 10.1. The predicted molar refractivity (Wildman–Crippen MR) is 96.1 cm³/mol. The summed E-state index contributed by atoms with van der Waals surface area (Å²) in [6.45, 7) is 4.26. The van der Waals surface area contributed by atoms with Crippen molar-refractivity contribution < 1.29 is 13.2 Å². The van der Waals surface area contributed by atoms with Crippen molar-refractivity contribution in [3.05, 3.63) is 47.7 Å². The van der Waals surface area contributed by atoms with Crippen LogP contribution in [0.1, 0.15) is 31.9 Å². The monoisotopic (exact) mass is 361 g/mol. The van der Waals surface area contributed by atoms with Crippen LogP contribution in [0.2, 0.25) is 0 Å².